The van der Waals surface area contributed by atoms with E-state index >= 15 is 0 Å². The fourth-order valence-electron chi connectivity index (χ4n) is 3.25. The molecule has 0 bridgehead atoms. The maximum absolute atomic E-state index is 12.8. The Balaban J connectivity index is 1.73. The number of aromatic nitrogens is 1. The zero-order valence-electron chi connectivity index (χ0n) is 16.0. The molecule has 1 aliphatic heterocycles. The summed E-state index contributed by atoms with van der Waals surface area (Å²) in [6.45, 7) is 4.23. The van der Waals surface area contributed by atoms with Crippen molar-refractivity contribution in [3.8, 4) is 11.8 Å². The minimum atomic E-state index is -0.149. The summed E-state index contributed by atoms with van der Waals surface area (Å²) >= 11 is 0. The molecule has 0 radical (unpaired) electrons. The quantitative estimate of drug-likeness (QED) is 0.611. The van der Waals surface area contributed by atoms with Crippen LogP contribution in [0, 0.1) is 11.8 Å². The molecule has 2 heterocycles. The molecular formula is C23H27N3O. The van der Waals surface area contributed by atoms with Crippen molar-refractivity contribution in [2.45, 2.75) is 45.4 Å². The molecule has 0 aliphatic carbocycles. The predicted octanol–water partition coefficient (Wildman–Crippen LogP) is 4.87. The van der Waals surface area contributed by atoms with E-state index in [0.29, 0.717) is 5.56 Å². The molecule has 1 saturated heterocycles. The highest BCUT2D eigenvalue weighted by Gasteiger charge is 2.16. The van der Waals surface area contributed by atoms with Gasteiger partial charge in [-0.1, -0.05) is 37.3 Å². The molecule has 4 nitrogen and oxygen atoms in total. The number of pyridine rings is 1. The molecule has 1 aromatic carbocycles. The van der Waals surface area contributed by atoms with E-state index in [0.717, 1.165) is 49.3 Å². The van der Waals surface area contributed by atoms with E-state index in [4.69, 9.17) is 0 Å². The number of amides is 1. The Kier molecular flexibility index (Phi) is 6.87. The Hall–Kier alpha value is -2.80. The van der Waals surface area contributed by atoms with Gasteiger partial charge in [-0.25, -0.2) is 0 Å². The number of benzene rings is 1. The van der Waals surface area contributed by atoms with E-state index in [9.17, 15) is 4.79 Å². The number of anilines is 2. The number of carbonyl (C=O) groups is 1. The van der Waals surface area contributed by atoms with E-state index in [1.165, 1.54) is 19.3 Å². The SMILES string of the molecule is CCCCC#Cc1cncc(C(=O)Nc2ccccc2N2CCCCC2)c1. The normalized spacial score (nSPS) is 13.6. The largest absolute Gasteiger partial charge is 0.370 e. The van der Waals surface area contributed by atoms with Gasteiger partial charge in [0.1, 0.15) is 0 Å². The summed E-state index contributed by atoms with van der Waals surface area (Å²) in [5.41, 5.74) is 3.26. The molecular weight excluding hydrogens is 334 g/mol. The summed E-state index contributed by atoms with van der Waals surface area (Å²) in [7, 11) is 0. The van der Waals surface area contributed by atoms with Crippen molar-refractivity contribution in [2.24, 2.45) is 0 Å². The number of nitrogens with one attached hydrogen (secondary N) is 1. The lowest BCUT2D eigenvalue weighted by Crippen LogP contribution is -2.30. The van der Waals surface area contributed by atoms with Crippen LogP contribution in [0.5, 0.6) is 0 Å². The zero-order chi connectivity index (χ0) is 18.9. The summed E-state index contributed by atoms with van der Waals surface area (Å²) in [6, 6.07) is 9.83. The molecule has 0 atom stereocenters. The van der Waals surface area contributed by atoms with E-state index in [2.05, 4.69) is 40.0 Å². The van der Waals surface area contributed by atoms with Gasteiger partial charge in [0.2, 0.25) is 0 Å². The van der Waals surface area contributed by atoms with E-state index in [1.54, 1.807) is 12.4 Å². The van der Waals surface area contributed by atoms with Gasteiger partial charge in [-0.15, -0.1) is 0 Å². The van der Waals surface area contributed by atoms with Gasteiger partial charge in [0.15, 0.2) is 0 Å². The maximum atomic E-state index is 12.8. The maximum Gasteiger partial charge on any atom is 0.257 e. The molecule has 0 spiro atoms. The molecule has 2 aromatic rings. The Morgan fingerprint density at radius 2 is 2.00 bits per heavy atom. The van der Waals surface area contributed by atoms with Crippen molar-refractivity contribution in [3.63, 3.8) is 0 Å². The zero-order valence-corrected chi connectivity index (χ0v) is 16.0. The van der Waals surface area contributed by atoms with Crippen LogP contribution in [-0.2, 0) is 0 Å². The van der Waals surface area contributed by atoms with Crippen molar-refractivity contribution in [1.29, 1.82) is 0 Å². The molecule has 0 unspecified atom stereocenters. The van der Waals surface area contributed by atoms with E-state index < -0.39 is 0 Å². The van der Waals surface area contributed by atoms with Crippen molar-refractivity contribution >= 4 is 17.3 Å². The molecule has 27 heavy (non-hydrogen) atoms. The summed E-state index contributed by atoms with van der Waals surface area (Å²) in [5.74, 6) is 6.09. The average molecular weight is 361 g/mol. The molecule has 4 heteroatoms. The monoisotopic (exact) mass is 361 g/mol. The van der Waals surface area contributed by atoms with Crippen molar-refractivity contribution in [3.05, 3.63) is 53.9 Å². The number of unbranched alkanes of at least 4 members (excludes halogenated alkanes) is 2. The number of hydrogen-bond acceptors (Lipinski definition) is 3. The van der Waals surface area contributed by atoms with Gasteiger partial charge in [-0.05, 0) is 43.9 Å². The van der Waals surface area contributed by atoms with Crippen LogP contribution in [0.25, 0.3) is 0 Å². The Morgan fingerprint density at radius 3 is 2.81 bits per heavy atom. The fourth-order valence-corrected chi connectivity index (χ4v) is 3.25. The molecule has 1 N–H and O–H groups in total. The summed E-state index contributed by atoms with van der Waals surface area (Å²) < 4.78 is 0. The number of carbonyl (C=O) groups excluding carboxylic acids is 1. The summed E-state index contributed by atoms with van der Waals surface area (Å²) in [5, 5.41) is 3.06. The lowest BCUT2D eigenvalue weighted by Gasteiger charge is -2.30. The van der Waals surface area contributed by atoms with Crippen molar-refractivity contribution < 1.29 is 4.79 Å². The third kappa shape index (κ3) is 5.34. The Bertz CT molecular complexity index is 829. The fraction of sp³-hybridized carbons (Fsp3) is 0.391. The molecule has 140 valence electrons. The van der Waals surface area contributed by atoms with E-state index in [-0.39, 0.29) is 5.91 Å². The highest BCUT2D eigenvalue weighted by molar-refractivity contribution is 6.06. The Labute approximate surface area is 162 Å². The molecule has 0 saturated carbocycles. The number of rotatable bonds is 5. The number of nitrogens with zero attached hydrogens (tertiary/aromatic N) is 2. The molecule has 1 amide bonds. The second-order valence-electron chi connectivity index (χ2n) is 6.89. The summed E-state index contributed by atoms with van der Waals surface area (Å²) in [4.78, 5) is 19.3. The number of para-hydroxylation sites is 2. The van der Waals surface area contributed by atoms with Gasteiger partial charge < -0.3 is 10.2 Å². The van der Waals surface area contributed by atoms with E-state index in [1.807, 2.05) is 24.3 Å². The smallest absolute Gasteiger partial charge is 0.257 e. The lowest BCUT2D eigenvalue weighted by molar-refractivity contribution is 0.102. The molecule has 1 aromatic heterocycles. The first kappa shape index (κ1) is 19.0. The van der Waals surface area contributed by atoms with Crippen LogP contribution in [0.15, 0.2) is 42.7 Å². The number of piperidine rings is 1. The predicted molar refractivity (Wildman–Crippen MR) is 111 cm³/mol. The molecule has 1 aliphatic rings. The first-order chi connectivity index (χ1) is 13.3. The topological polar surface area (TPSA) is 45.2 Å². The van der Waals surface area contributed by atoms with Crippen LogP contribution in [-0.4, -0.2) is 24.0 Å². The minimum absolute atomic E-state index is 0.149. The van der Waals surface area contributed by atoms with Gasteiger partial charge in [-0.2, -0.15) is 0 Å². The van der Waals surface area contributed by atoms with Crippen LogP contribution in [0.2, 0.25) is 0 Å². The highest BCUT2D eigenvalue weighted by atomic mass is 16.1. The van der Waals surface area contributed by atoms with Gasteiger partial charge in [0.05, 0.1) is 16.9 Å². The van der Waals surface area contributed by atoms with Gasteiger partial charge in [0.25, 0.3) is 5.91 Å². The lowest BCUT2D eigenvalue weighted by atomic mass is 10.1. The Morgan fingerprint density at radius 1 is 1.19 bits per heavy atom. The standard InChI is InChI=1S/C23H27N3O/c1-2-3-4-6-11-19-16-20(18-24-17-19)23(27)25-21-12-7-8-13-22(21)26-14-9-5-10-15-26/h7-8,12-13,16-18H,2-5,9-10,14-15H2,1H3,(H,25,27). The van der Waals surface area contributed by atoms with Gasteiger partial charge >= 0.3 is 0 Å². The third-order valence-electron chi connectivity index (χ3n) is 4.74. The third-order valence-corrected chi connectivity index (χ3v) is 4.74. The van der Waals surface area contributed by atoms with Crippen molar-refractivity contribution in [1.82, 2.24) is 4.98 Å². The minimum Gasteiger partial charge on any atom is -0.370 e. The van der Waals surface area contributed by atoms with Crippen molar-refractivity contribution in [2.75, 3.05) is 23.3 Å². The first-order valence-electron chi connectivity index (χ1n) is 9.87. The second kappa shape index (κ2) is 9.78. The number of hydrogen-bond donors (Lipinski definition) is 1. The van der Waals surface area contributed by atoms with Crippen LogP contribution in [0.3, 0.4) is 0 Å². The van der Waals surface area contributed by atoms with Gasteiger partial charge in [0, 0.05) is 37.5 Å². The van der Waals surface area contributed by atoms with Crippen LogP contribution < -0.4 is 10.2 Å². The second-order valence-corrected chi connectivity index (χ2v) is 6.89. The average Bonchev–Trinajstić information content (AvgIpc) is 2.72. The molecule has 3 rings (SSSR count). The van der Waals surface area contributed by atoms with Crippen LogP contribution in [0.4, 0.5) is 11.4 Å². The van der Waals surface area contributed by atoms with Gasteiger partial charge in [-0.3, -0.25) is 9.78 Å². The van der Waals surface area contributed by atoms with Crippen LogP contribution >= 0.6 is 0 Å². The first-order valence-corrected chi connectivity index (χ1v) is 9.87. The summed E-state index contributed by atoms with van der Waals surface area (Å²) in [6.07, 6.45) is 10.1. The van der Waals surface area contributed by atoms with Crippen LogP contribution in [0.1, 0.15) is 61.4 Å². The highest BCUT2D eigenvalue weighted by Crippen LogP contribution is 2.28. The molecule has 1 fully saturated rings.